The number of benzene rings is 1. The number of aryl methyl sites for hydroxylation is 2. The molecule has 102 valence electrons. The van der Waals surface area contributed by atoms with Gasteiger partial charge in [-0.25, -0.2) is 4.98 Å². The third-order valence-corrected chi connectivity index (χ3v) is 5.02. The van der Waals surface area contributed by atoms with Crippen molar-refractivity contribution in [1.82, 2.24) is 4.98 Å². The molecule has 2 nitrogen and oxygen atoms in total. The first kappa shape index (κ1) is 13.3. The Kier molecular flexibility index (Phi) is 3.85. The largest absolute Gasteiger partial charge is 0.380 e. The van der Waals surface area contributed by atoms with Gasteiger partial charge in [0.1, 0.15) is 0 Å². The highest BCUT2D eigenvalue weighted by Gasteiger charge is 2.03. The van der Waals surface area contributed by atoms with Crippen molar-refractivity contribution in [2.75, 3.05) is 5.32 Å². The summed E-state index contributed by atoms with van der Waals surface area (Å²) < 4.78 is 0. The molecule has 0 saturated carbocycles. The Balaban J connectivity index is 1.69. The van der Waals surface area contributed by atoms with E-state index in [0.717, 1.165) is 22.9 Å². The van der Waals surface area contributed by atoms with Crippen LogP contribution in [0.2, 0.25) is 0 Å². The summed E-state index contributed by atoms with van der Waals surface area (Å²) in [5, 5.41) is 8.81. The van der Waals surface area contributed by atoms with E-state index in [9.17, 15) is 0 Å². The lowest BCUT2D eigenvalue weighted by Gasteiger charge is -2.06. The molecule has 0 atom stereocenters. The van der Waals surface area contributed by atoms with E-state index >= 15 is 0 Å². The zero-order chi connectivity index (χ0) is 13.9. The molecule has 3 rings (SSSR count). The van der Waals surface area contributed by atoms with Gasteiger partial charge in [0, 0.05) is 28.1 Å². The molecular formula is C16H16N2S2. The molecule has 0 amide bonds. The molecule has 0 aliphatic heterocycles. The van der Waals surface area contributed by atoms with Gasteiger partial charge < -0.3 is 5.32 Å². The molecule has 1 aromatic carbocycles. The van der Waals surface area contributed by atoms with Gasteiger partial charge in [0.2, 0.25) is 0 Å². The summed E-state index contributed by atoms with van der Waals surface area (Å²) in [7, 11) is 0. The van der Waals surface area contributed by atoms with Crippen LogP contribution in [0.1, 0.15) is 15.4 Å². The van der Waals surface area contributed by atoms with Crippen molar-refractivity contribution in [1.29, 1.82) is 0 Å². The Morgan fingerprint density at radius 1 is 1.05 bits per heavy atom. The molecule has 0 saturated heterocycles. The quantitative estimate of drug-likeness (QED) is 0.725. The van der Waals surface area contributed by atoms with E-state index in [0.29, 0.717) is 0 Å². The van der Waals surface area contributed by atoms with Crippen LogP contribution >= 0.6 is 22.7 Å². The fourth-order valence-electron chi connectivity index (χ4n) is 2.02. The molecular weight excluding hydrogens is 284 g/mol. The van der Waals surface area contributed by atoms with Crippen LogP contribution in [0.4, 0.5) is 5.69 Å². The minimum atomic E-state index is 0.888. The second-order valence-electron chi connectivity index (χ2n) is 4.71. The van der Waals surface area contributed by atoms with Crippen LogP contribution in [0.25, 0.3) is 11.3 Å². The van der Waals surface area contributed by atoms with Gasteiger partial charge in [0.15, 0.2) is 0 Å². The van der Waals surface area contributed by atoms with Crippen molar-refractivity contribution in [3.8, 4) is 11.3 Å². The Hall–Kier alpha value is -1.65. The number of hydrogen-bond donors (Lipinski definition) is 1. The molecule has 3 aromatic rings. The molecule has 2 heterocycles. The number of anilines is 1. The molecule has 2 aromatic heterocycles. The van der Waals surface area contributed by atoms with E-state index in [1.807, 2.05) is 6.92 Å². The van der Waals surface area contributed by atoms with Crippen LogP contribution < -0.4 is 5.32 Å². The van der Waals surface area contributed by atoms with E-state index in [1.165, 1.54) is 16.0 Å². The van der Waals surface area contributed by atoms with E-state index in [-0.39, 0.29) is 0 Å². The third-order valence-electron chi connectivity index (χ3n) is 3.22. The zero-order valence-corrected chi connectivity index (χ0v) is 13.1. The van der Waals surface area contributed by atoms with Gasteiger partial charge in [-0.2, -0.15) is 0 Å². The van der Waals surface area contributed by atoms with Gasteiger partial charge in [-0.15, -0.1) is 22.7 Å². The number of thiazole rings is 1. The van der Waals surface area contributed by atoms with Crippen molar-refractivity contribution in [2.45, 2.75) is 20.4 Å². The topological polar surface area (TPSA) is 24.9 Å². The highest BCUT2D eigenvalue weighted by molar-refractivity contribution is 7.10. The van der Waals surface area contributed by atoms with Crippen LogP contribution in [0.5, 0.6) is 0 Å². The minimum absolute atomic E-state index is 0.888. The SMILES string of the molecule is Cc1nc(-c2ccc(NCc3sccc3C)cc2)cs1. The van der Waals surface area contributed by atoms with Crippen molar-refractivity contribution >= 4 is 28.4 Å². The standard InChI is InChI=1S/C16H16N2S2/c1-11-7-8-19-16(11)9-17-14-5-3-13(4-6-14)15-10-20-12(2)18-15/h3-8,10,17H,9H2,1-2H3. The summed E-state index contributed by atoms with van der Waals surface area (Å²) in [6.45, 7) is 5.08. The Labute approximate surface area is 127 Å². The fourth-order valence-corrected chi connectivity index (χ4v) is 3.49. The predicted octanol–water partition coefficient (Wildman–Crippen LogP) is 5.10. The molecule has 1 N–H and O–H groups in total. The molecule has 0 radical (unpaired) electrons. The second kappa shape index (κ2) is 5.77. The van der Waals surface area contributed by atoms with E-state index in [2.05, 4.69) is 58.3 Å². The number of aromatic nitrogens is 1. The molecule has 0 fully saturated rings. The average molecular weight is 300 g/mol. The van der Waals surface area contributed by atoms with Crippen LogP contribution in [0.15, 0.2) is 41.1 Å². The Morgan fingerprint density at radius 3 is 2.45 bits per heavy atom. The average Bonchev–Trinajstić information content (AvgIpc) is 3.06. The highest BCUT2D eigenvalue weighted by Crippen LogP contribution is 2.24. The molecule has 0 aliphatic rings. The first-order valence-corrected chi connectivity index (χ1v) is 8.28. The number of nitrogens with zero attached hydrogens (tertiary/aromatic N) is 1. The molecule has 0 unspecified atom stereocenters. The number of nitrogens with one attached hydrogen (secondary N) is 1. The molecule has 0 bridgehead atoms. The lowest BCUT2D eigenvalue weighted by atomic mass is 10.1. The number of hydrogen-bond acceptors (Lipinski definition) is 4. The fraction of sp³-hybridized carbons (Fsp3) is 0.188. The maximum absolute atomic E-state index is 4.51. The number of rotatable bonds is 4. The van der Waals surface area contributed by atoms with Gasteiger partial charge in [-0.05, 0) is 43.0 Å². The smallest absolute Gasteiger partial charge is 0.0901 e. The van der Waals surface area contributed by atoms with Gasteiger partial charge in [-0.1, -0.05) is 12.1 Å². The molecule has 0 spiro atoms. The lowest BCUT2D eigenvalue weighted by molar-refractivity contribution is 1.17. The van der Waals surface area contributed by atoms with E-state index in [1.54, 1.807) is 22.7 Å². The van der Waals surface area contributed by atoms with Crippen LogP contribution in [0, 0.1) is 13.8 Å². The maximum atomic E-state index is 4.51. The normalized spacial score (nSPS) is 10.7. The van der Waals surface area contributed by atoms with Crippen LogP contribution in [0.3, 0.4) is 0 Å². The Morgan fingerprint density at radius 2 is 1.85 bits per heavy atom. The molecule has 0 aliphatic carbocycles. The summed E-state index contributed by atoms with van der Waals surface area (Å²) in [5.41, 5.74) is 4.74. The van der Waals surface area contributed by atoms with Crippen LogP contribution in [-0.2, 0) is 6.54 Å². The molecule has 20 heavy (non-hydrogen) atoms. The van der Waals surface area contributed by atoms with Crippen molar-refractivity contribution < 1.29 is 0 Å². The molecule has 4 heteroatoms. The lowest BCUT2D eigenvalue weighted by Crippen LogP contribution is -1.98. The number of thiophene rings is 1. The van der Waals surface area contributed by atoms with Crippen molar-refractivity contribution in [3.63, 3.8) is 0 Å². The summed E-state index contributed by atoms with van der Waals surface area (Å²) in [6, 6.07) is 10.6. The van der Waals surface area contributed by atoms with Crippen molar-refractivity contribution in [3.05, 3.63) is 56.5 Å². The van der Waals surface area contributed by atoms with Gasteiger partial charge >= 0.3 is 0 Å². The predicted molar refractivity (Wildman–Crippen MR) is 88.7 cm³/mol. The summed E-state index contributed by atoms with van der Waals surface area (Å²) >= 11 is 3.49. The monoisotopic (exact) mass is 300 g/mol. The first-order valence-electron chi connectivity index (χ1n) is 6.52. The highest BCUT2D eigenvalue weighted by atomic mass is 32.1. The third kappa shape index (κ3) is 2.92. The minimum Gasteiger partial charge on any atom is -0.380 e. The van der Waals surface area contributed by atoms with E-state index < -0.39 is 0 Å². The van der Waals surface area contributed by atoms with Gasteiger partial charge in [0.05, 0.1) is 10.7 Å². The summed E-state index contributed by atoms with van der Waals surface area (Å²) in [5.74, 6) is 0. The first-order chi connectivity index (χ1) is 9.72. The maximum Gasteiger partial charge on any atom is 0.0901 e. The summed E-state index contributed by atoms with van der Waals surface area (Å²) in [6.07, 6.45) is 0. The van der Waals surface area contributed by atoms with Crippen LogP contribution in [-0.4, -0.2) is 4.98 Å². The van der Waals surface area contributed by atoms with Crippen molar-refractivity contribution in [2.24, 2.45) is 0 Å². The Bertz CT molecular complexity index is 695. The second-order valence-corrected chi connectivity index (χ2v) is 6.77. The van der Waals surface area contributed by atoms with Gasteiger partial charge in [0.25, 0.3) is 0 Å². The summed E-state index contributed by atoms with van der Waals surface area (Å²) in [4.78, 5) is 5.90. The zero-order valence-electron chi connectivity index (χ0n) is 11.5. The van der Waals surface area contributed by atoms with E-state index in [4.69, 9.17) is 0 Å². The van der Waals surface area contributed by atoms with Gasteiger partial charge in [-0.3, -0.25) is 0 Å².